The maximum absolute atomic E-state index is 11.2. The van der Waals surface area contributed by atoms with Crippen molar-refractivity contribution < 1.29 is 9.53 Å². The molecule has 0 aliphatic heterocycles. The van der Waals surface area contributed by atoms with Gasteiger partial charge in [0.05, 0.1) is 23.4 Å². The highest BCUT2D eigenvalue weighted by molar-refractivity contribution is 6.34. The van der Waals surface area contributed by atoms with Crippen molar-refractivity contribution in [2.75, 3.05) is 12.8 Å². The Kier molecular flexibility index (Phi) is 2.95. The standard InChI is InChI=1S/C9H7ClN2O2/c1-14-9(13)7-6(10)3-2-5(4-11)8(7)12/h2-3H,12H2,1H3. The second-order valence-electron chi connectivity index (χ2n) is 2.49. The Bertz CT molecular complexity index is 424. The lowest BCUT2D eigenvalue weighted by Gasteiger charge is -2.06. The van der Waals surface area contributed by atoms with Gasteiger partial charge in [-0.1, -0.05) is 11.6 Å². The maximum atomic E-state index is 11.2. The third-order valence-electron chi connectivity index (χ3n) is 1.70. The molecule has 1 aromatic carbocycles. The largest absolute Gasteiger partial charge is 0.465 e. The zero-order chi connectivity index (χ0) is 10.7. The molecule has 2 N–H and O–H groups in total. The van der Waals surface area contributed by atoms with Crippen LogP contribution in [0.4, 0.5) is 5.69 Å². The molecule has 0 unspecified atom stereocenters. The van der Waals surface area contributed by atoms with Gasteiger partial charge >= 0.3 is 5.97 Å². The van der Waals surface area contributed by atoms with Crippen molar-refractivity contribution in [2.45, 2.75) is 0 Å². The molecule has 0 heterocycles. The number of ether oxygens (including phenoxy) is 1. The number of anilines is 1. The molecule has 0 bridgehead atoms. The van der Waals surface area contributed by atoms with Gasteiger partial charge in [0.15, 0.2) is 0 Å². The fourth-order valence-electron chi connectivity index (χ4n) is 1.000. The lowest BCUT2D eigenvalue weighted by atomic mass is 10.1. The number of methoxy groups -OCH3 is 1. The van der Waals surface area contributed by atoms with Crippen LogP contribution in [0.25, 0.3) is 0 Å². The summed E-state index contributed by atoms with van der Waals surface area (Å²) in [6.45, 7) is 0. The molecule has 0 aliphatic rings. The molecule has 0 spiro atoms. The monoisotopic (exact) mass is 210 g/mol. The van der Waals surface area contributed by atoms with Crippen molar-refractivity contribution in [3.8, 4) is 6.07 Å². The van der Waals surface area contributed by atoms with Gasteiger partial charge in [0.2, 0.25) is 0 Å². The molecule has 0 aliphatic carbocycles. The van der Waals surface area contributed by atoms with Crippen LogP contribution in [0.1, 0.15) is 15.9 Å². The average molecular weight is 211 g/mol. The van der Waals surface area contributed by atoms with E-state index in [2.05, 4.69) is 4.74 Å². The van der Waals surface area contributed by atoms with Gasteiger partial charge in [-0.05, 0) is 12.1 Å². The molecule has 0 atom stereocenters. The lowest BCUT2D eigenvalue weighted by molar-refractivity contribution is 0.0602. The van der Waals surface area contributed by atoms with Crippen LogP contribution in [0.2, 0.25) is 5.02 Å². The Labute approximate surface area is 85.8 Å². The summed E-state index contributed by atoms with van der Waals surface area (Å²) in [6.07, 6.45) is 0. The number of hydrogen-bond donors (Lipinski definition) is 1. The summed E-state index contributed by atoms with van der Waals surface area (Å²) < 4.78 is 4.48. The van der Waals surface area contributed by atoms with Gasteiger partial charge in [-0.25, -0.2) is 4.79 Å². The number of nitrogen functional groups attached to an aromatic ring is 1. The molecule has 0 saturated carbocycles. The number of esters is 1. The van der Waals surface area contributed by atoms with E-state index in [1.54, 1.807) is 0 Å². The number of nitrogens with two attached hydrogens (primary N) is 1. The predicted molar refractivity (Wildman–Crippen MR) is 51.9 cm³/mol. The minimum absolute atomic E-state index is 0.0354. The van der Waals surface area contributed by atoms with Crippen LogP contribution < -0.4 is 5.73 Å². The van der Waals surface area contributed by atoms with E-state index >= 15 is 0 Å². The quantitative estimate of drug-likeness (QED) is 0.564. The van der Waals surface area contributed by atoms with Crippen molar-refractivity contribution >= 4 is 23.3 Å². The summed E-state index contributed by atoms with van der Waals surface area (Å²) in [5.41, 5.74) is 5.85. The predicted octanol–water partition coefficient (Wildman–Crippen LogP) is 1.58. The Morgan fingerprint density at radius 1 is 1.64 bits per heavy atom. The van der Waals surface area contributed by atoms with Crippen molar-refractivity contribution in [3.63, 3.8) is 0 Å². The fourth-order valence-corrected chi connectivity index (χ4v) is 1.24. The van der Waals surface area contributed by atoms with E-state index in [4.69, 9.17) is 22.6 Å². The third-order valence-corrected chi connectivity index (χ3v) is 2.02. The average Bonchev–Trinajstić information content (AvgIpc) is 2.18. The van der Waals surface area contributed by atoms with Gasteiger partial charge in [-0.3, -0.25) is 0 Å². The van der Waals surface area contributed by atoms with Gasteiger partial charge in [0, 0.05) is 0 Å². The number of benzene rings is 1. The number of rotatable bonds is 1. The van der Waals surface area contributed by atoms with Crippen LogP contribution in [0.5, 0.6) is 0 Å². The van der Waals surface area contributed by atoms with Gasteiger partial charge in [0.1, 0.15) is 11.6 Å². The van der Waals surface area contributed by atoms with Gasteiger partial charge < -0.3 is 10.5 Å². The summed E-state index contributed by atoms with van der Waals surface area (Å²) in [6, 6.07) is 4.73. The minimum atomic E-state index is -0.649. The number of nitrogens with zero attached hydrogens (tertiary/aromatic N) is 1. The summed E-state index contributed by atoms with van der Waals surface area (Å²) in [7, 11) is 1.22. The summed E-state index contributed by atoms with van der Waals surface area (Å²) >= 11 is 5.74. The zero-order valence-electron chi connectivity index (χ0n) is 7.37. The van der Waals surface area contributed by atoms with Crippen LogP contribution in [-0.4, -0.2) is 13.1 Å². The van der Waals surface area contributed by atoms with Gasteiger partial charge in [-0.2, -0.15) is 5.26 Å². The molecular formula is C9H7ClN2O2. The Morgan fingerprint density at radius 2 is 2.29 bits per heavy atom. The van der Waals surface area contributed by atoms with E-state index in [9.17, 15) is 4.79 Å². The Hall–Kier alpha value is -1.73. The molecule has 1 aromatic rings. The Balaban J connectivity index is 3.42. The first-order valence-electron chi connectivity index (χ1n) is 3.68. The first-order chi connectivity index (χ1) is 6.61. The smallest absolute Gasteiger partial charge is 0.341 e. The third kappa shape index (κ3) is 1.63. The van der Waals surface area contributed by atoms with Gasteiger partial charge in [-0.15, -0.1) is 0 Å². The second-order valence-corrected chi connectivity index (χ2v) is 2.89. The molecular weight excluding hydrogens is 204 g/mol. The molecule has 0 fully saturated rings. The van der Waals surface area contributed by atoms with Crippen LogP contribution in [-0.2, 0) is 4.74 Å². The highest BCUT2D eigenvalue weighted by Crippen LogP contribution is 2.25. The van der Waals surface area contributed by atoms with Crippen molar-refractivity contribution in [3.05, 3.63) is 28.3 Å². The molecule has 1 rings (SSSR count). The first-order valence-corrected chi connectivity index (χ1v) is 4.06. The van der Waals surface area contributed by atoms with E-state index in [1.165, 1.54) is 19.2 Å². The van der Waals surface area contributed by atoms with Crippen molar-refractivity contribution in [1.29, 1.82) is 5.26 Å². The van der Waals surface area contributed by atoms with E-state index in [1.807, 2.05) is 6.07 Å². The molecule has 4 nitrogen and oxygen atoms in total. The molecule has 5 heteroatoms. The van der Waals surface area contributed by atoms with E-state index in [0.29, 0.717) is 0 Å². The highest BCUT2D eigenvalue weighted by atomic mass is 35.5. The second kappa shape index (κ2) is 3.99. The van der Waals surface area contributed by atoms with Crippen LogP contribution in [0, 0.1) is 11.3 Å². The fraction of sp³-hybridized carbons (Fsp3) is 0.111. The summed E-state index contributed by atoms with van der Waals surface area (Å²) in [5.74, 6) is -0.649. The zero-order valence-corrected chi connectivity index (χ0v) is 8.13. The van der Waals surface area contributed by atoms with Crippen LogP contribution in [0.3, 0.4) is 0 Å². The number of nitriles is 1. The molecule has 0 amide bonds. The van der Waals surface area contributed by atoms with Crippen molar-refractivity contribution in [2.24, 2.45) is 0 Å². The maximum Gasteiger partial charge on any atom is 0.341 e. The van der Waals surface area contributed by atoms with E-state index in [-0.39, 0.29) is 21.8 Å². The molecule has 72 valence electrons. The van der Waals surface area contributed by atoms with E-state index in [0.717, 1.165) is 0 Å². The van der Waals surface area contributed by atoms with Gasteiger partial charge in [0.25, 0.3) is 0 Å². The highest BCUT2D eigenvalue weighted by Gasteiger charge is 2.17. The number of carbonyl (C=O) groups excluding carboxylic acids is 1. The number of hydrogen-bond acceptors (Lipinski definition) is 4. The SMILES string of the molecule is COC(=O)c1c(Cl)ccc(C#N)c1N. The summed E-state index contributed by atoms with van der Waals surface area (Å²) in [5, 5.41) is 8.84. The van der Waals surface area contributed by atoms with Crippen LogP contribution in [0.15, 0.2) is 12.1 Å². The topological polar surface area (TPSA) is 76.1 Å². The lowest BCUT2D eigenvalue weighted by Crippen LogP contribution is -2.07. The number of carbonyl (C=O) groups is 1. The molecule has 0 radical (unpaired) electrons. The normalized spacial score (nSPS) is 9.21. The molecule has 14 heavy (non-hydrogen) atoms. The molecule has 0 saturated heterocycles. The summed E-state index contributed by atoms with van der Waals surface area (Å²) in [4.78, 5) is 11.2. The van der Waals surface area contributed by atoms with E-state index < -0.39 is 5.97 Å². The molecule has 0 aromatic heterocycles. The minimum Gasteiger partial charge on any atom is -0.465 e. The van der Waals surface area contributed by atoms with Crippen LogP contribution >= 0.6 is 11.6 Å². The number of halogens is 1. The van der Waals surface area contributed by atoms with Crippen molar-refractivity contribution in [1.82, 2.24) is 0 Å². The Morgan fingerprint density at radius 3 is 2.79 bits per heavy atom. The first kappa shape index (κ1) is 10.4.